The lowest BCUT2D eigenvalue weighted by atomic mass is 10.2. The third-order valence-corrected chi connectivity index (χ3v) is 2.92. The Bertz CT molecular complexity index is 405. The molecule has 5 nitrogen and oxygen atoms in total. The molecule has 16 heavy (non-hydrogen) atoms. The molecule has 1 saturated heterocycles. The van der Waals surface area contributed by atoms with Crippen molar-refractivity contribution in [1.29, 1.82) is 0 Å². The van der Waals surface area contributed by atoms with Crippen molar-refractivity contribution in [2.45, 2.75) is 12.5 Å². The molecule has 1 aliphatic heterocycles. The van der Waals surface area contributed by atoms with Crippen molar-refractivity contribution in [3.63, 3.8) is 0 Å². The first-order chi connectivity index (χ1) is 7.66. The lowest BCUT2D eigenvalue weighted by Crippen LogP contribution is -2.20. The molecule has 0 amide bonds. The number of nitro groups is 1. The number of ether oxygens (including phenoxy) is 1. The minimum Gasteiger partial charge on any atom is -0.482 e. The summed E-state index contributed by atoms with van der Waals surface area (Å²) in [7, 11) is 0. The highest BCUT2D eigenvalue weighted by Crippen LogP contribution is 2.31. The Kier molecular flexibility index (Phi) is 3.40. The number of nitrogens with one attached hydrogen (secondary N) is 1. The highest BCUT2D eigenvalue weighted by atomic mass is 79.9. The van der Waals surface area contributed by atoms with E-state index in [9.17, 15) is 10.1 Å². The number of benzene rings is 1. The maximum absolute atomic E-state index is 10.8. The molecule has 0 aromatic heterocycles. The van der Waals surface area contributed by atoms with E-state index in [1.54, 1.807) is 12.1 Å². The van der Waals surface area contributed by atoms with Crippen LogP contribution in [-0.4, -0.2) is 24.1 Å². The molecule has 1 aliphatic rings. The van der Waals surface area contributed by atoms with Crippen LogP contribution in [0.2, 0.25) is 0 Å². The largest absolute Gasteiger partial charge is 0.482 e. The van der Waals surface area contributed by atoms with Gasteiger partial charge in [-0.1, -0.05) is 15.9 Å². The molecule has 0 aliphatic carbocycles. The summed E-state index contributed by atoms with van der Waals surface area (Å²) in [5.74, 6) is 0.335. The Morgan fingerprint density at radius 3 is 3.00 bits per heavy atom. The van der Waals surface area contributed by atoms with Gasteiger partial charge < -0.3 is 10.1 Å². The topological polar surface area (TPSA) is 64.4 Å². The van der Waals surface area contributed by atoms with E-state index in [-0.39, 0.29) is 11.8 Å². The zero-order chi connectivity index (χ0) is 11.5. The van der Waals surface area contributed by atoms with E-state index in [1.165, 1.54) is 6.07 Å². The van der Waals surface area contributed by atoms with Crippen molar-refractivity contribution in [2.24, 2.45) is 0 Å². The minimum absolute atomic E-state index is 0.00118. The maximum Gasteiger partial charge on any atom is 0.312 e. The quantitative estimate of drug-likeness (QED) is 0.683. The van der Waals surface area contributed by atoms with Gasteiger partial charge in [0.05, 0.1) is 4.92 Å². The molecule has 0 unspecified atom stereocenters. The molecular weight excluding hydrogens is 276 g/mol. The highest BCUT2D eigenvalue weighted by Gasteiger charge is 2.21. The first-order valence-electron chi connectivity index (χ1n) is 4.98. The zero-order valence-corrected chi connectivity index (χ0v) is 10.1. The van der Waals surface area contributed by atoms with Crippen molar-refractivity contribution in [1.82, 2.24) is 5.32 Å². The molecule has 1 aromatic carbocycles. The normalized spacial score (nSPS) is 19.7. The fourth-order valence-electron chi connectivity index (χ4n) is 1.64. The predicted octanol–water partition coefficient (Wildman–Crippen LogP) is 2.10. The number of nitrogens with zero attached hydrogens (tertiary/aromatic N) is 1. The van der Waals surface area contributed by atoms with Gasteiger partial charge in [-0.15, -0.1) is 0 Å². The summed E-state index contributed by atoms with van der Waals surface area (Å²) in [6.45, 7) is 1.64. The van der Waals surface area contributed by atoms with Gasteiger partial charge in [-0.2, -0.15) is 0 Å². The fourth-order valence-corrected chi connectivity index (χ4v) is 1.99. The summed E-state index contributed by atoms with van der Waals surface area (Å²) in [5.41, 5.74) is 0.00118. The molecule has 0 saturated carbocycles. The summed E-state index contributed by atoms with van der Waals surface area (Å²) in [6, 6.07) is 4.82. The van der Waals surface area contributed by atoms with Crippen LogP contribution in [0.25, 0.3) is 0 Å². The van der Waals surface area contributed by atoms with Crippen molar-refractivity contribution in [2.75, 3.05) is 13.1 Å². The van der Waals surface area contributed by atoms with Gasteiger partial charge in [0.1, 0.15) is 6.10 Å². The van der Waals surface area contributed by atoms with E-state index in [0.29, 0.717) is 10.2 Å². The van der Waals surface area contributed by atoms with Crippen LogP contribution in [0, 0.1) is 10.1 Å². The second kappa shape index (κ2) is 4.80. The van der Waals surface area contributed by atoms with E-state index < -0.39 is 4.92 Å². The number of hydrogen-bond acceptors (Lipinski definition) is 4. The molecule has 86 valence electrons. The van der Waals surface area contributed by atoms with Gasteiger partial charge in [0.15, 0.2) is 5.75 Å². The molecule has 1 fully saturated rings. The Hall–Kier alpha value is -1.14. The number of nitro benzene ring substituents is 1. The number of hydrogen-bond donors (Lipinski definition) is 1. The van der Waals surface area contributed by atoms with E-state index in [2.05, 4.69) is 21.2 Å². The third-order valence-electron chi connectivity index (χ3n) is 2.43. The van der Waals surface area contributed by atoms with Crippen LogP contribution in [0.3, 0.4) is 0 Å². The lowest BCUT2D eigenvalue weighted by molar-refractivity contribution is -0.386. The van der Waals surface area contributed by atoms with Crippen LogP contribution in [-0.2, 0) is 0 Å². The average Bonchev–Trinajstić information content (AvgIpc) is 2.73. The van der Waals surface area contributed by atoms with E-state index in [4.69, 9.17) is 4.74 Å². The Morgan fingerprint density at radius 2 is 2.38 bits per heavy atom. The summed E-state index contributed by atoms with van der Waals surface area (Å²) in [4.78, 5) is 10.4. The Balaban J connectivity index is 2.21. The summed E-state index contributed by atoms with van der Waals surface area (Å²) in [5, 5.41) is 14.0. The molecule has 1 heterocycles. The average molecular weight is 287 g/mol. The third kappa shape index (κ3) is 2.51. The van der Waals surface area contributed by atoms with Gasteiger partial charge in [-0.3, -0.25) is 10.1 Å². The predicted molar refractivity (Wildman–Crippen MR) is 62.7 cm³/mol. The van der Waals surface area contributed by atoms with Crippen LogP contribution < -0.4 is 10.1 Å². The van der Waals surface area contributed by atoms with Crippen LogP contribution in [0.4, 0.5) is 5.69 Å². The second-order valence-electron chi connectivity index (χ2n) is 3.60. The van der Waals surface area contributed by atoms with Crippen molar-refractivity contribution < 1.29 is 9.66 Å². The van der Waals surface area contributed by atoms with E-state index in [0.717, 1.165) is 19.5 Å². The SMILES string of the molecule is O=[N+]([O-])c1cc(Br)ccc1O[C@H]1CCNC1. The molecule has 0 bridgehead atoms. The molecule has 1 aromatic rings. The molecule has 6 heteroatoms. The maximum atomic E-state index is 10.8. The van der Waals surface area contributed by atoms with Crippen LogP contribution in [0.15, 0.2) is 22.7 Å². The standard InChI is InChI=1S/C10H11BrN2O3/c11-7-1-2-10(9(5-7)13(14)15)16-8-3-4-12-6-8/h1-2,5,8,12H,3-4,6H2/t8-/m0/s1. The van der Waals surface area contributed by atoms with Gasteiger partial charge in [0.2, 0.25) is 0 Å². The zero-order valence-electron chi connectivity index (χ0n) is 8.48. The second-order valence-corrected chi connectivity index (χ2v) is 4.52. The molecule has 0 radical (unpaired) electrons. The first-order valence-corrected chi connectivity index (χ1v) is 5.77. The molecule has 1 N–H and O–H groups in total. The van der Waals surface area contributed by atoms with Gasteiger partial charge >= 0.3 is 5.69 Å². The monoisotopic (exact) mass is 286 g/mol. The smallest absolute Gasteiger partial charge is 0.312 e. The summed E-state index contributed by atoms with van der Waals surface area (Å²) < 4.78 is 6.27. The fraction of sp³-hybridized carbons (Fsp3) is 0.400. The Morgan fingerprint density at radius 1 is 1.56 bits per heavy atom. The van der Waals surface area contributed by atoms with E-state index in [1.807, 2.05) is 0 Å². The van der Waals surface area contributed by atoms with Crippen molar-refractivity contribution in [3.05, 3.63) is 32.8 Å². The van der Waals surface area contributed by atoms with Crippen molar-refractivity contribution in [3.8, 4) is 5.75 Å². The lowest BCUT2D eigenvalue weighted by Gasteiger charge is -2.12. The van der Waals surface area contributed by atoms with E-state index >= 15 is 0 Å². The van der Waals surface area contributed by atoms with Crippen LogP contribution >= 0.6 is 15.9 Å². The first kappa shape index (κ1) is 11.3. The minimum atomic E-state index is -0.428. The summed E-state index contributed by atoms with van der Waals surface area (Å²) in [6.07, 6.45) is 0.910. The Labute approximate surface area is 101 Å². The number of halogens is 1. The molecular formula is C10H11BrN2O3. The summed E-state index contributed by atoms with van der Waals surface area (Å²) >= 11 is 3.20. The van der Waals surface area contributed by atoms with Crippen LogP contribution in [0.5, 0.6) is 5.75 Å². The van der Waals surface area contributed by atoms with Gasteiger partial charge in [-0.05, 0) is 25.1 Å². The van der Waals surface area contributed by atoms with Gasteiger partial charge in [0, 0.05) is 17.1 Å². The van der Waals surface area contributed by atoms with Crippen molar-refractivity contribution >= 4 is 21.6 Å². The number of rotatable bonds is 3. The molecule has 1 atom stereocenters. The molecule has 0 spiro atoms. The van der Waals surface area contributed by atoms with Gasteiger partial charge in [0.25, 0.3) is 0 Å². The van der Waals surface area contributed by atoms with Gasteiger partial charge in [-0.25, -0.2) is 0 Å². The molecule has 2 rings (SSSR count). The van der Waals surface area contributed by atoms with Crippen LogP contribution in [0.1, 0.15) is 6.42 Å². The highest BCUT2D eigenvalue weighted by molar-refractivity contribution is 9.10.